The van der Waals surface area contributed by atoms with E-state index in [0.717, 1.165) is 22.0 Å². The van der Waals surface area contributed by atoms with E-state index in [2.05, 4.69) is 20.3 Å². The molecule has 0 bridgehead atoms. The van der Waals surface area contributed by atoms with Gasteiger partial charge in [-0.15, -0.1) is 11.8 Å². The highest BCUT2D eigenvalue weighted by Crippen LogP contribution is 2.31. The Morgan fingerprint density at radius 2 is 2.05 bits per heavy atom. The Hall–Kier alpha value is -1.79. The van der Waals surface area contributed by atoms with Crippen molar-refractivity contribution in [1.29, 1.82) is 0 Å². The third-order valence-electron chi connectivity index (χ3n) is 2.68. The third-order valence-corrected chi connectivity index (χ3v) is 3.61. The fourth-order valence-electron chi connectivity index (χ4n) is 1.82. The Kier molecular flexibility index (Phi) is 3.27. The molecule has 0 unspecified atom stereocenters. The Balaban J connectivity index is 2.17. The number of halogens is 1. The van der Waals surface area contributed by atoms with E-state index in [0.29, 0.717) is 5.02 Å². The summed E-state index contributed by atoms with van der Waals surface area (Å²) in [6, 6.07) is 7.59. The van der Waals surface area contributed by atoms with Gasteiger partial charge in [-0.25, -0.2) is 9.67 Å². The first kappa shape index (κ1) is 12.3. The van der Waals surface area contributed by atoms with Gasteiger partial charge >= 0.3 is 0 Å². The SMILES string of the molecule is CSc1n[nH]c(-c2ccc(Cl)cc2)c1-n1cncn1. The summed E-state index contributed by atoms with van der Waals surface area (Å²) in [5, 5.41) is 13.1. The second-order valence-corrected chi connectivity index (χ2v) is 5.03. The first-order chi connectivity index (χ1) is 9.29. The molecule has 0 aliphatic rings. The highest BCUT2D eigenvalue weighted by Gasteiger charge is 2.16. The minimum atomic E-state index is 0.704. The van der Waals surface area contributed by atoms with Gasteiger partial charge in [0.2, 0.25) is 0 Å². The van der Waals surface area contributed by atoms with Crippen LogP contribution in [0.4, 0.5) is 0 Å². The molecule has 3 aromatic rings. The molecule has 7 heteroatoms. The van der Waals surface area contributed by atoms with Gasteiger partial charge < -0.3 is 0 Å². The van der Waals surface area contributed by atoms with Crippen molar-refractivity contribution in [2.45, 2.75) is 5.03 Å². The molecule has 0 saturated carbocycles. The van der Waals surface area contributed by atoms with Gasteiger partial charge in [-0.3, -0.25) is 5.10 Å². The van der Waals surface area contributed by atoms with Crippen molar-refractivity contribution < 1.29 is 0 Å². The predicted molar refractivity (Wildman–Crippen MR) is 75.7 cm³/mol. The van der Waals surface area contributed by atoms with E-state index in [1.165, 1.54) is 6.33 Å². The zero-order valence-electron chi connectivity index (χ0n) is 10.0. The quantitative estimate of drug-likeness (QED) is 0.754. The van der Waals surface area contributed by atoms with Crippen molar-refractivity contribution in [3.63, 3.8) is 0 Å². The average molecular weight is 292 g/mol. The summed E-state index contributed by atoms with van der Waals surface area (Å²) in [4.78, 5) is 3.98. The minimum absolute atomic E-state index is 0.704. The molecule has 0 amide bonds. The Morgan fingerprint density at radius 3 is 2.68 bits per heavy atom. The number of benzene rings is 1. The van der Waals surface area contributed by atoms with Crippen molar-refractivity contribution >= 4 is 23.4 Å². The molecular weight excluding hydrogens is 282 g/mol. The van der Waals surface area contributed by atoms with Crippen molar-refractivity contribution in [2.24, 2.45) is 0 Å². The Labute approximate surface area is 119 Å². The zero-order valence-corrected chi connectivity index (χ0v) is 11.6. The lowest BCUT2D eigenvalue weighted by molar-refractivity contribution is 0.857. The minimum Gasteiger partial charge on any atom is -0.274 e. The lowest BCUT2D eigenvalue weighted by atomic mass is 10.1. The number of aromatic amines is 1. The van der Waals surface area contributed by atoms with E-state index in [1.54, 1.807) is 22.8 Å². The van der Waals surface area contributed by atoms with E-state index >= 15 is 0 Å². The molecule has 0 radical (unpaired) electrons. The summed E-state index contributed by atoms with van der Waals surface area (Å²) in [6.45, 7) is 0. The lowest BCUT2D eigenvalue weighted by Gasteiger charge is -2.04. The molecule has 1 N–H and O–H groups in total. The van der Waals surface area contributed by atoms with Gasteiger partial charge in [-0.1, -0.05) is 23.7 Å². The molecule has 0 aliphatic carbocycles. The maximum Gasteiger partial charge on any atom is 0.144 e. The van der Waals surface area contributed by atoms with E-state index in [9.17, 15) is 0 Å². The van der Waals surface area contributed by atoms with Crippen molar-refractivity contribution in [2.75, 3.05) is 6.26 Å². The van der Waals surface area contributed by atoms with Gasteiger partial charge in [-0.2, -0.15) is 10.2 Å². The summed E-state index contributed by atoms with van der Waals surface area (Å²) in [5.74, 6) is 0. The van der Waals surface area contributed by atoms with Crippen LogP contribution in [0.15, 0.2) is 41.9 Å². The van der Waals surface area contributed by atoms with E-state index < -0.39 is 0 Å². The number of hydrogen-bond donors (Lipinski definition) is 1. The monoisotopic (exact) mass is 291 g/mol. The second kappa shape index (κ2) is 5.07. The molecule has 5 nitrogen and oxygen atoms in total. The van der Waals surface area contributed by atoms with Crippen LogP contribution in [0.2, 0.25) is 5.02 Å². The summed E-state index contributed by atoms with van der Waals surface area (Å²) in [6.07, 6.45) is 5.13. The van der Waals surface area contributed by atoms with Crippen molar-refractivity contribution in [3.8, 4) is 16.9 Å². The average Bonchev–Trinajstić information content (AvgIpc) is 3.07. The van der Waals surface area contributed by atoms with Gasteiger partial charge in [0.1, 0.15) is 23.4 Å². The first-order valence-electron chi connectivity index (χ1n) is 5.53. The molecule has 0 fully saturated rings. The summed E-state index contributed by atoms with van der Waals surface area (Å²) >= 11 is 7.47. The molecule has 19 heavy (non-hydrogen) atoms. The van der Waals surface area contributed by atoms with Crippen LogP contribution < -0.4 is 0 Å². The third kappa shape index (κ3) is 2.24. The van der Waals surface area contributed by atoms with E-state index in [4.69, 9.17) is 11.6 Å². The van der Waals surface area contributed by atoms with E-state index in [1.807, 2.05) is 30.5 Å². The fourth-order valence-corrected chi connectivity index (χ4v) is 2.47. The van der Waals surface area contributed by atoms with Crippen LogP contribution in [0.5, 0.6) is 0 Å². The molecule has 0 spiro atoms. The Morgan fingerprint density at radius 1 is 1.26 bits per heavy atom. The van der Waals surface area contributed by atoms with Crippen LogP contribution in [-0.4, -0.2) is 31.2 Å². The summed E-state index contributed by atoms with van der Waals surface area (Å²) < 4.78 is 1.71. The largest absolute Gasteiger partial charge is 0.274 e. The number of hydrogen-bond acceptors (Lipinski definition) is 4. The first-order valence-corrected chi connectivity index (χ1v) is 7.13. The van der Waals surface area contributed by atoms with Crippen LogP contribution in [0.1, 0.15) is 0 Å². The maximum atomic E-state index is 5.91. The zero-order chi connectivity index (χ0) is 13.2. The standard InChI is InChI=1S/C12H10ClN5S/c1-19-12-11(18-7-14-6-15-18)10(16-17-12)8-2-4-9(13)5-3-8/h2-7H,1H3,(H,16,17). The summed E-state index contributed by atoms with van der Waals surface area (Å²) in [5.41, 5.74) is 2.79. The van der Waals surface area contributed by atoms with Crippen LogP contribution in [0.3, 0.4) is 0 Å². The van der Waals surface area contributed by atoms with Crippen molar-refractivity contribution in [3.05, 3.63) is 41.9 Å². The number of thioether (sulfide) groups is 1. The summed E-state index contributed by atoms with van der Waals surface area (Å²) in [7, 11) is 0. The molecule has 2 aromatic heterocycles. The molecule has 96 valence electrons. The number of rotatable bonds is 3. The molecule has 0 aliphatic heterocycles. The van der Waals surface area contributed by atoms with Crippen molar-refractivity contribution in [1.82, 2.24) is 25.0 Å². The highest BCUT2D eigenvalue weighted by molar-refractivity contribution is 7.98. The molecule has 2 heterocycles. The van der Waals surface area contributed by atoms with Gasteiger partial charge in [0, 0.05) is 10.6 Å². The number of H-pyrrole nitrogens is 1. The predicted octanol–water partition coefficient (Wildman–Crippen LogP) is 3.03. The molecule has 3 rings (SSSR count). The van der Waals surface area contributed by atoms with Crippen LogP contribution >= 0.6 is 23.4 Å². The topological polar surface area (TPSA) is 59.4 Å². The highest BCUT2D eigenvalue weighted by atomic mass is 35.5. The lowest BCUT2D eigenvalue weighted by Crippen LogP contribution is -1.97. The smallest absolute Gasteiger partial charge is 0.144 e. The van der Waals surface area contributed by atoms with Gasteiger partial charge in [0.15, 0.2) is 0 Å². The van der Waals surface area contributed by atoms with Gasteiger partial charge in [0.05, 0.1) is 5.69 Å². The number of aromatic nitrogens is 5. The van der Waals surface area contributed by atoms with Crippen LogP contribution in [0.25, 0.3) is 16.9 Å². The molecule has 0 atom stereocenters. The second-order valence-electron chi connectivity index (χ2n) is 3.80. The molecule has 1 aromatic carbocycles. The van der Waals surface area contributed by atoms with E-state index in [-0.39, 0.29) is 0 Å². The number of nitrogens with zero attached hydrogens (tertiary/aromatic N) is 4. The number of nitrogens with one attached hydrogen (secondary N) is 1. The van der Waals surface area contributed by atoms with Gasteiger partial charge in [0.25, 0.3) is 0 Å². The van der Waals surface area contributed by atoms with Gasteiger partial charge in [-0.05, 0) is 18.4 Å². The normalized spacial score (nSPS) is 10.8. The fraction of sp³-hybridized carbons (Fsp3) is 0.0833. The van der Waals surface area contributed by atoms with Crippen LogP contribution in [0, 0.1) is 0 Å². The van der Waals surface area contributed by atoms with Crippen LogP contribution in [-0.2, 0) is 0 Å². The Bertz CT molecular complexity index is 675. The molecular formula is C12H10ClN5S. The molecule has 0 saturated heterocycles. The maximum absolute atomic E-state index is 5.91.